The molecule has 1 aromatic carbocycles. The molecule has 5 nitrogen and oxygen atoms in total. The van der Waals surface area contributed by atoms with Gasteiger partial charge in [-0.3, -0.25) is 4.79 Å². The molecule has 0 aliphatic carbocycles. The molecule has 0 radical (unpaired) electrons. The average molecular weight is 211 g/mol. The third kappa shape index (κ3) is 2.53. The smallest absolute Gasteiger partial charge is 0.150 e. The molecule has 0 fully saturated rings. The van der Waals surface area contributed by atoms with Crippen molar-refractivity contribution >= 4 is 6.29 Å². The summed E-state index contributed by atoms with van der Waals surface area (Å²) in [6.07, 6.45) is -1.88. The minimum atomic E-state index is -1.30. The van der Waals surface area contributed by atoms with Crippen molar-refractivity contribution in [1.82, 2.24) is 0 Å². The summed E-state index contributed by atoms with van der Waals surface area (Å²) >= 11 is 0. The lowest BCUT2D eigenvalue weighted by Crippen LogP contribution is -2.27. The highest BCUT2D eigenvalue weighted by atomic mass is 16.3. The van der Waals surface area contributed by atoms with E-state index in [0.29, 0.717) is 11.8 Å². The Labute approximate surface area is 86.8 Å². The summed E-state index contributed by atoms with van der Waals surface area (Å²) in [4.78, 5) is 10.5. The summed E-state index contributed by atoms with van der Waals surface area (Å²) in [5, 5.41) is 28.3. The van der Waals surface area contributed by atoms with Crippen LogP contribution in [0.1, 0.15) is 22.0 Å². The van der Waals surface area contributed by atoms with E-state index in [2.05, 4.69) is 0 Å². The predicted molar refractivity (Wildman–Crippen MR) is 53.5 cm³/mol. The van der Waals surface area contributed by atoms with Crippen LogP contribution in [0.2, 0.25) is 0 Å². The number of aldehydes is 1. The Morgan fingerprint density at radius 2 is 2.07 bits per heavy atom. The first-order valence-corrected chi connectivity index (χ1v) is 4.44. The molecule has 0 spiro atoms. The molecular formula is C10H13NO4. The molecule has 0 heterocycles. The van der Waals surface area contributed by atoms with E-state index in [0.717, 1.165) is 0 Å². The molecule has 5 heteroatoms. The van der Waals surface area contributed by atoms with Crippen LogP contribution in [0, 0.1) is 0 Å². The van der Waals surface area contributed by atoms with Gasteiger partial charge in [-0.05, 0) is 18.2 Å². The number of carbonyl (C=O) groups is 1. The van der Waals surface area contributed by atoms with Crippen LogP contribution in [0.3, 0.4) is 0 Å². The monoisotopic (exact) mass is 211 g/mol. The Morgan fingerprint density at radius 3 is 2.60 bits per heavy atom. The fourth-order valence-corrected chi connectivity index (χ4v) is 1.22. The molecule has 0 aliphatic heterocycles. The number of hydrogen-bond donors (Lipinski definition) is 4. The van der Waals surface area contributed by atoms with E-state index in [9.17, 15) is 20.1 Å². The molecular weight excluding hydrogens is 198 g/mol. The normalized spacial score (nSPS) is 14.6. The van der Waals surface area contributed by atoms with Gasteiger partial charge in [0, 0.05) is 17.7 Å². The molecule has 0 aliphatic rings. The topological polar surface area (TPSA) is 104 Å². The lowest BCUT2D eigenvalue weighted by atomic mass is 10.0. The predicted octanol–water partition coefficient (Wildman–Crippen LogP) is -0.442. The Bertz CT molecular complexity index is 353. The fourth-order valence-electron chi connectivity index (χ4n) is 1.22. The molecule has 5 N–H and O–H groups in total. The average Bonchev–Trinajstić information content (AvgIpc) is 2.27. The molecule has 15 heavy (non-hydrogen) atoms. The zero-order valence-corrected chi connectivity index (χ0v) is 8.00. The molecule has 0 aromatic heterocycles. The van der Waals surface area contributed by atoms with Crippen molar-refractivity contribution in [2.75, 3.05) is 6.54 Å². The first kappa shape index (κ1) is 11.6. The summed E-state index contributed by atoms with van der Waals surface area (Å²) in [6.45, 7) is -0.133. The number of nitrogens with two attached hydrogens (primary N) is 1. The molecule has 2 atom stereocenters. The van der Waals surface area contributed by atoms with E-state index in [4.69, 9.17) is 5.73 Å². The Kier molecular flexibility index (Phi) is 3.79. The number of phenolic OH excluding ortho intramolecular Hbond substituents is 1. The van der Waals surface area contributed by atoms with E-state index in [1.165, 1.54) is 18.2 Å². The van der Waals surface area contributed by atoms with Gasteiger partial charge in [0.15, 0.2) is 0 Å². The molecule has 1 rings (SSSR count). The SMILES string of the molecule is NCC(O)C(O)c1cc(C=O)ccc1O. The van der Waals surface area contributed by atoms with Gasteiger partial charge in [0.05, 0.1) is 6.10 Å². The van der Waals surface area contributed by atoms with Crippen molar-refractivity contribution in [2.45, 2.75) is 12.2 Å². The van der Waals surface area contributed by atoms with E-state index in [1.807, 2.05) is 0 Å². The van der Waals surface area contributed by atoms with Gasteiger partial charge in [-0.25, -0.2) is 0 Å². The van der Waals surface area contributed by atoms with E-state index in [1.54, 1.807) is 0 Å². The summed E-state index contributed by atoms with van der Waals surface area (Å²) in [5.41, 5.74) is 5.58. The van der Waals surface area contributed by atoms with Gasteiger partial charge in [0.1, 0.15) is 18.1 Å². The number of rotatable bonds is 4. The quantitative estimate of drug-likeness (QED) is 0.505. The molecule has 82 valence electrons. The van der Waals surface area contributed by atoms with Gasteiger partial charge in [-0.2, -0.15) is 0 Å². The Morgan fingerprint density at radius 1 is 1.40 bits per heavy atom. The second-order valence-electron chi connectivity index (χ2n) is 3.18. The summed E-state index contributed by atoms with van der Waals surface area (Å²) in [6, 6.07) is 4.00. The zero-order valence-electron chi connectivity index (χ0n) is 8.00. The minimum absolute atomic E-state index is 0.0950. The number of aliphatic hydroxyl groups excluding tert-OH is 2. The number of aromatic hydroxyl groups is 1. The maximum atomic E-state index is 10.5. The van der Waals surface area contributed by atoms with Crippen molar-refractivity contribution in [3.05, 3.63) is 29.3 Å². The van der Waals surface area contributed by atoms with Crippen LogP contribution < -0.4 is 5.73 Å². The summed E-state index contributed by atoms with van der Waals surface area (Å²) in [7, 11) is 0. The van der Waals surface area contributed by atoms with Gasteiger partial charge < -0.3 is 21.1 Å². The molecule has 0 saturated heterocycles. The van der Waals surface area contributed by atoms with Gasteiger partial charge in [0.2, 0.25) is 0 Å². The third-order valence-electron chi connectivity index (χ3n) is 2.11. The van der Waals surface area contributed by atoms with Crippen molar-refractivity contribution in [2.24, 2.45) is 5.73 Å². The first-order valence-electron chi connectivity index (χ1n) is 4.44. The maximum Gasteiger partial charge on any atom is 0.150 e. The molecule has 0 bridgehead atoms. The molecule has 2 unspecified atom stereocenters. The lowest BCUT2D eigenvalue weighted by Gasteiger charge is -2.17. The van der Waals surface area contributed by atoms with E-state index >= 15 is 0 Å². The van der Waals surface area contributed by atoms with Crippen molar-refractivity contribution in [3.8, 4) is 5.75 Å². The molecule has 0 saturated carbocycles. The van der Waals surface area contributed by atoms with E-state index < -0.39 is 12.2 Å². The maximum absolute atomic E-state index is 10.5. The van der Waals surface area contributed by atoms with Crippen LogP contribution >= 0.6 is 0 Å². The fraction of sp³-hybridized carbons (Fsp3) is 0.300. The van der Waals surface area contributed by atoms with Crippen LogP contribution in [0.25, 0.3) is 0 Å². The number of hydrogen-bond acceptors (Lipinski definition) is 5. The summed E-state index contributed by atoms with van der Waals surface area (Å²) < 4.78 is 0. The minimum Gasteiger partial charge on any atom is -0.508 e. The van der Waals surface area contributed by atoms with E-state index in [-0.39, 0.29) is 17.9 Å². The van der Waals surface area contributed by atoms with Crippen LogP contribution in [-0.2, 0) is 0 Å². The lowest BCUT2D eigenvalue weighted by molar-refractivity contribution is 0.0229. The second-order valence-corrected chi connectivity index (χ2v) is 3.18. The van der Waals surface area contributed by atoms with Crippen molar-refractivity contribution in [3.63, 3.8) is 0 Å². The van der Waals surface area contributed by atoms with Gasteiger partial charge >= 0.3 is 0 Å². The third-order valence-corrected chi connectivity index (χ3v) is 2.11. The number of benzene rings is 1. The van der Waals surface area contributed by atoms with Crippen LogP contribution in [-0.4, -0.2) is 34.3 Å². The largest absolute Gasteiger partial charge is 0.508 e. The summed E-state index contributed by atoms with van der Waals surface area (Å²) in [5.74, 6) is -0.180. The highest BCUT2D eigenvalue weighted by Crippen LogP contribution is 2.26. The standard InChI is InChI=1S/C10H13NO4/c11-4-9(14)10(15)7-3-6(5-12)1-2-8(7)13/h1-3,5,9-10,13-15H,4,11H2. The van der Waals surface area contributed by atoms with Crippen molar-refractivity contribution < 1.29 is 20.1 Å². The second kappa shape index (κ2) is 4.88. The van der Waals surface area contributed by atoms with Gasteiger partial charge in [-0.15, -0.1) is 0 Å². The zero-order chi connectivity index (χ0) is 11.4. The van der Waals surface area contributed by atoms with Crippen LogP contribution in [0.15, 0.2) is 18.2 Å². The van der Waals surface area contributed by atoms with Gasteiger partial charge in [-0.1, -0.05) is 0 Å². The first-order chi connectivity index (χ1) is 7.10. The van der Waals surface area contributed by atoms with Crippen molar-refractivity contribution in [1.29, 1.82) is 0 Å². The highest BCUT2D eigenvalue weighted by Gasteiger charge is 2.20. The number of phenols is 1. The molecule has 0 amide bonds. The number of carbonyl (C=O) groups excluding carboxylic acids is 1. The van der Waals surface area contributed by atoms with Gasteiger partial charge in [0.25, 0.3) is 0 Å². The Balaban J connectivity index is 3.06. The molecule has 1 aromatic rings. The highest BCUT2D eigenvalue weighted by molar-refractivity contribution is 5.75. The number of aliphatic hydroxyl groups is 2. The Hall–Kier alpha value is -1.43. The van der Waals surface area contributed by atoms with Crippen LogP contribution in [0.4, 0.5) is 0 Å². The van der Waals surface area contributed by atoms with Crippen LogP contribution in [0.5, 0.6) is 5.75 Å².